The van der Waals surface area contributed by atoms with Crippen LogP contribution in [0.1, 0.15) is 24.1 Å². The highest BCUT2D eigenvalue weighted by atomic mass is 35.5. The molecule has 2 aromatic carbocycles. The summed E-state index contributed by atoms with van der Waals surface area (Å²) in [6.07, 6.45) is 0. The Kier molecular flexibility index (Phi) is 3.92. The van der Waals surface area contributed by atoms with Crippen LogP contribution in [0.4, 0.5) is 0 Å². The van der Waals surface area contributed by atoms with Crippen molar-refractivity contribution in [3.63, 3.8) is 0 Å². The molecule has 146 valence electrons. The Morgan fingerprint density at radius 1 is 1.14 bits per heavy atom. The van der Waals surface area contributed by atoms with E-state index < -0.39 is 21.6 Å². The van der Waals surface area contributed by atoms with E-state index in [1.165, 1.54) is 11.8 Å². The average molecular weight is 426 g/mol. The third-order valence-electron chi connectivity index (χ3n) is 5.88. The fourth-order valence-corrected chi connectivity index (χ4v) is 6.59. The molecule has 3 aromatic rings. The molecule has 8 heteroatoms. The number of fused-ring (bicyclic) bond motifs is 3. The van der Waals surface area contributed by atoms with Gasteiger partial charge in [0.25, 0.3) is 6.04 Å². The monoisotopic (exact) mass is 425 g/mol. The van der Waals surface area contributed by atoms with Gasteiger partial charge in [0.2, 0.25) is 5.91 Å². The molecule has 0 radical (unpaired) electrons. The van der Waals surface area contributed by atoms with Crippen molar-refractivity contribution >= 4 is 40.2 Å². The first-order chi connectivity index (χ1) is 13.8. The molecule has 29 heavy (non-hydrogen) atoms. The number of pyridine rings is 1. The third-order valence-corrected chi connectivity index (χ3v) is 7.87. The number of hydrogen-bond acceptors (Lipinski definition) is 5. The highest BCUT2D eigenvalue weighted by Gasteiger charge is 2.76. The number of nitro groups is 1. The van der Waals surface area contributed by atoms with Crippen molar-refractivity contribution in [1.82, 2.24) is 10.3 Å². The molecule has 2 aliphatic heterocycles. The largest absolute Gasteiger partial charge is 0.329 e. The van der Waals surface area contributed by atoms with Crippen LogP contribution in [0.2, 0.25) is 5.02 Å². The van der Waals surface area contributed by atoms with E-state index in [1.54, 1.807) is 37.3 Å². The number of carbonyl (C=O) groups excluding carboxylic acids is 1. The number of thioether (sulfide) groups is 1. The molecule has 0 spiro atoms. The number of nitrogens with one attached hydrogen (secondary N) is 1. The van der Waals surface area contributed by atoms with Crippen LogP contribution in [0.3, 0.4) is 0 Å². The van der Waals surface area contributed by atoms with Crippen LogP contribution >= 0.6 is 23.4 Å². The Morgan fingerprint density at radius 2 is 1.86 bits per heavy atom. The van der Waals surface area contributed by atoms with Gasteiger partial charge in [-0.15, -0.1) is 11.8 Å². The number of rotatable bonds is 3. The number of halogens is 1. The highest BCUT2D eigenvalue weighted by Crippen LogP contribution is 2.65. The van der Waals surface area contributed by atoms with Crippen molar-refractivity contribution in [2.45, 2.75) is 28.5 Å². The lowest BCUT2D eigenvalue weighted by Crippen LogP contribution is -2.59. The van der Waals surface area contributed by atoms with Gasteiger partial charge in [-0.25, -0.2) is 4.98 Å². The highest BCUT2D eigenvalue weighted by molar-refractivity contribution is 8.03. The van der Waals surface area contributed by atoms with E-state index in [2.05, 4.69) is 5.32 Å². The fraction of sp³-hybridized carbons (Fsp3) is 0.238. The SMILES string of the molecule is CC12SC(c3ccc4ccccc4n3)(NC1=O)C([N+](=O)[O-])C2c1ccc(Cl)cc1. The molecule has 1 N–H and O–H groups in total. The molecule has 1 amide bonds. The summed E-state index contributed by atoms with van der Waals surface area (Å²) in [6.45, 7) is 1.78. The standard InChI is InChI=1S/C21H16ClN3O3S/c1-20-17(13-6-9-14(22)10-7-13)18(25(27)28)21(29-20,24-19(20)26)16-11-8-12-4-2-3-5-15(12)23-16/h2-11,17-18H,1H3,(H,24,26). The summed E-state index contributed by atoms with van der Waals surface area (Å²) in [5.41, 5.74) is 1.96. The number of amides is 1. The molecule has 2 aliphatic rings. The molecule has 2 bridgehead atoms. The summed E-state index contributed by atoms with van der Waals surface area (Å²) in [7, 11) is 0. The number of carbonyl (C=O) groups is 1. The molecule has 4 atom stereocenters. The molecule has 5 rings (SSSR count). The van der Waals surface area contributed by atoms with Gasteiger partial charge >= 0.3 is 0 Å². The van der Waals surface area contributed by atoms with Crippen LogP contribution in [-0.4, -0.2) is 26.6 Å². The number of hydrogen-bond donors (Lipinski definition) is 1. The van der Waals surface area contributed by atoms with Gasteiger partial charge < -0.3 is 5.32 Å². The first kappa shape index (κ1) is 18.4. The van der Waals surface area contributed by atoms with Gasteiger partial charge in [0, 0.05) is 15.3 Å². The minimum atomic E-state index is -1.23. The van der Waals surface area contributed by atoms with Crippen molar-refractivity contribution in [3.05, 3.63) is 87.1 Å². The predicted molar refractivity (Wildman–Crippen MR) is 113 cm³/mol. The normalized spacial score (nSPS) is 30.5. The van der Waals surface area contributed by atoms with Gasteiger partial charge in [-0.05, 0) is 36.8 Å². The topological polar surface area (TPSA) is 85.1 Å². The number of aromatic nitrogens is 1. The Balaban J connectivity index is 1.72. The quantitative estimate of drug-likeness (QED) is 0.504. The van der Waals surface area contributed by atoms with E-state index in [4.69, 9.17) is 16.6 Å². The fourth-order valence-electron chi connectivity index (χ4n) is 4.56. The molecule has 0 saturated carbocycles. The number of para-hydroxylation sites is 1. The smallest absolute Gasteiger partial charge is 0.259 e. The Bertz CT molecular complexity index is 1170. The second-order valence-electron chi connectivity index (χ2n) is 7.55. The van der Waals surface area contributed by atoms with Crippen LogP contribution in [0.15, 0.2) is 60.7 Å². The summed E-state index contributed by atoms with van der Waals surface area (Å²) in [4.78, 5) is 28.5. The summed E-state index contributed by atoms with van der Waals surface area (Å²) < 4.78 is -0.987. The van der Waals surface area contributed by atoms with Crippen molar-refractivity contribution < 1.29 is 9.72 Å². The average Bonchev–Trinajstić information content (AvgIpc) is 3.14. The molecule has 2 saturated heterocycles. The lowest BCUT2D eigenvalue weighted by molar-refractivity contribution is -0.535. The van der Waals surface area contributed by atoms with Crippen molar-refractivity contribution in [2.24, 2.45) is 0 Å². The maximum atomic E-state index is 13.0. The van der Waals surface area contributed by atoms with Crippen LogP contribution < -0.4 is 5.32 Å². The van der Waals surface area contributed by atoms with Gasteiger partial charge in [-0.1, -0.05) is 48.0 Å². The summed E-state index contributed by atoms with van der Waals surface area (Å²) in [5.74, 6) is -0.822. The minimum absolute atomic E-state index is 0.212. The first-order valence-corrected chi connectivity index (χ1v) is 10.3. The van der Waals surface area contributed by atoms with Gasteiger partial charge in [-0.2, -0.15) is 0 Å². The van der Waals surface area contributed by atoms with Gasteiger partial charge in [0.1, 0.15) is 4.75 Å². The zero-order valence-corrected chi connectivity index (χ0v) is 16.9. The molecule has 3 heterocycles. The molecule has 2 fully saturated rings. The molecule has 4 unspecified atom stereocenters. The number of benzene rings is 2. The summed E-state index contributed by atoms with van der Waals surface area (Å²) in [5, 5.41) is 16.7. The molecule has 0 aliphatic carbocycles. The lowest BCUT2D eigenvalue weighted by Gasteiger charge is -2.34. The van der Waals surface area contributed by atoms with Gasteiger partial charge in [-0.3, -0.25) is 14.9 Å². The second kappa shape index (κ2) is 6.18. The number of nitrogens with zero attached hydrogens (tertiary/aromatic N) is 2. The van der Waals surface area contributed by atoms with Crippen LogP contribution in [-0.2, 0) is 9.67 Å². The van der Waals surface area contributed by atoms with E-state index in [1.807, 2.05) is 30.3 Å². The number of piperidine rings is 1. The Morgan fingerprint density at radius 3 is 2.59 bits per heavy atom. The van der Waals surface area contributed by atoms with E-state index >= 15 is 0 Å². The first-order valence-electron chi connectivity index (χ1n) is 9.13. The van der Waals surface area contributed by atoms with Crippen LogP contribution in [0.5, 0.6) is 0 Å². The van der Waals surface area contributed by atoms with E-state index in [9.17, 15) is 14.9 Å². The van der Waals surface area contributed by atoms with Crippen molar-refractivity contribution in [3.8, 4) is 0 Å². The zero-order chi connectivity index (χ0) is 20.4. The third kappa shape index (κ3) is 2.50. The van der Waals surface area contributed by atoms with Crippen molar-refractivity contribution in [2.75, 3.05) is 0 Å². The van der Waals surface area contributed by atoms with Crippen LogP contribution in [0.25, 0.3) is 10.9 Å². The molecular weight excluding hydrogens is 410 g/mol. The van der Waals surface area contributed by atoms with Crippen molar-refractivity contribution in [1.29, 1.82) is 0 Å². The zero-order valence-electron chi connectivity index (χ0n) is 15.3. The minimum Gasteiger partial charge on any atom is -0.329 e. The second-order valence-corrected chi connectivity index (χ2v) is 9.68. The van der Waals surface area contributed by atoms with Gasteiger partial charge in [0.05, 0.1) is 17.1 Å². The molecular formula is C21H16ClN3O3S. The molecule has 6 nitrogen and oxygen atoms in total. The van der Waals surface area contributed by atoms with E-state index in [0.29, 0.717) is 10.7 Å². The summed E-state index contributed by atoms with van der Waals surface area (Å²) in [6, 6.07) is 17.1. The Hall–Kier alpha value is -2.64. The van der Waals surface area contributed by atoms with E-state index in [0.717, 1.165) is 16.5 Å². The molecule has 1 aromatic heterocycles. The maximum Gasteiger partial charge on any atom is 0.259 e. The predicted octanol–water partition coefficient (Wildman–Crippen LogP) is 4.11. The Labute approximate surface area is 175 Å². The van der Waals surface area contributed by atoms with E-state index in [-0.39, 0.29) is 10.8 Å². The summed E-state index contributed by atoms with van der Waals surface area (Å²) >= 11 is 7.31. The lowest BCUT2D eigenvalue weighted by atomic mass is 9.74. The van der Waals surface area contributed by atoms with Crippen LogP contribution in [0, 0.1) is 10.1 Å². The maximum absolute atomic E-state index is 13.0. The van der Waals surface area contributed by atoms with Gasteiger partial charge in [0.15, 0.2) is 4.87 Å².